The predicted molar refractivity (Wildman–Crippen MR) is 44.7 cm³/mol. The van der Waals surface area contributed by atoms with Crippen LogP contribution in [0.2, 0.25) is 0 Å². The van der Waals surface area contributed by atoms with E-state index in [1.807, 2.05) is 6.20 Å². The Morgan fingerprint density at radius 3 is 3.00 bits per heavy atom. The topological polar surface area (TPSA) is 51.8 Å². The molecule has 11 heavy (non-hydrogen) atoms. The first-order valence-corrected chi connectivity index (χ1v) is 3.39. The predicted octanol–water partition coefficient (Wildman–Crippen LogP) is 0.324. The zero-order valence-electron chi connectivity index (χ0n) is 6.03. The second-order valence-corrected chi connectivity index (χ2v) is 2.66. The largest absolute Gasteiger partial charge is 0.327 e. The maximum atomic E-state index is 5.72. The quantitative estimate of drug-likeness (QED) is 0.612. The smallest absolute Gasteiger partial charge is 0.115 e. The molecule has 2 rings (SSSR count). The Hall–Kier alpha value is -0.670. The molecule has 2 N–H and O–H groups in total. The van der Waals surface area contributed by atoms with Crippen molar-refractivity contribution in [3.05, 3.63) is 23.8 Å². The van der Waals surface area contributed by atoms with E-state index >= 15 is 0 Å². The van der Waals surface area contributed by atoms with Crippen LogP contribution in [0.3, 0.4) is 0 Å². The number of nitrogens with two attached hydrogens (primary N) is 1. The van der Waals surface area contributed by atoms with Crippen molar-refractivity contribution in [2.75, 3.05) is 0 Å². The molecule has 1 atom stereocenters. The minimum atomic E-state index is 0. The molecule has 0 bridgehead atoms. The molecular weight excluding hydrogens is 162 g/mol. The lowest BCUT2D eigenvalue weighted by Crippen LogP contribution is -2.19. The first kappa shape index (κ1) is 8.43. The van der Waals surface area contributed by atoms with Crippen LogP contribution in [0.15, 0.2) is 12.5 Å². The van der Waals surface area contributed by atoms with Gasteiger partial charge in [-0.1, -0.05) is 0 Å². The molecule has 0 amide bonds. The molecule has 0 fully saturated rings. The van der Waals surface area contributed by atoms with Crippen molar-refractivity contribution < 1.29 is 0 Å². The molecule has 0 saturated carbocycles. The third kappa shape index (κ3) is 1.49. The van der Waals surface area contributed by atoms with Gasteiger partial charge in [0, 0.05) is 24.4 Å². The van der Waals surface area contributed by atoms with E-state index in [9.17, 15) is 0 Å². The van der Waals surface area contributed by atoms with Gasteiger partial charge in [0.2, 0.25) is 0 Å². The summed E-state index contributed by atoms with van der Waals surface area (Å²) in [6.45, 7) is 0. The minimum absolute atomic E-state index is 0. The standard InChI is InChI=1S/C7H9N3.ClH/c8-6-1-5-3-9-4-10-7(5)2-6;/h3-4,6H,1-2,8H2;1H. The molecule has 0 aliphatic heterocycles. The summed E-state index contributed by atoms with van der Waals surface area (Å²) in [5.74, 6) is 0. The summed E-state index contributed by atoms with van der Waals surface area (Å²) in [7, 11) is 0. The van der Waals surface area contributed by atoms with Crippen LogP contribution in [0.5, 0.6) is 0 Å². The van der Waals surface area contributed by atoms with Crippen molar-refractivity contribution in [2.45, 2.75) is 18.9 Å². The molecule has 0 radical (unpaired) electrons. The molecule has 1 aromatic rings. The lowest BCUT2D eigenvalue weighted by atomic mass is 10.2. The summed E-state index contributed by atoms with van der Waals surface area (Å²) in [6.07, 6.45) is 5.29. The van der Waals surface area contributed by atoms with Crippen LogP contribution in [0.25, 0.3) is 0 Å². The van der Waals surface area contributed by atoms with Crippen LogP contribution in [0, 0.1) is 0 Å². The first-order chi connectivity index (χ1) is 4.86. The van der Waals surface area contributed by atoms with E-state index in [0.717, 1.165) is 18.5 Å². The molecule has 0 saturated heterocycles. The van der Waals surface area contributed by atoms with Gasteiger partial charge in [-0.25, -0.2) is 9.97 Å². The van der Waals surface area contributed by atoms with E-state index in [2.05, 4.69) is 9.97 Å². The zero-order chi connectivity index (χ0) is 6.97. The van der Waals surface area contributed by atoms with E-state index in [0.29, 0.717) is 0 Å². The highest BCUT2D eigenvalue weighted by atomic mass is 35.5. The van der Waals surface area contributed by atoms with E-state index < -0.39 is 0 Å². The highest BCUT2D eigenvalue weighted by Gasteiger charge is 2.18. The normalized spacial score (nSPS) is 20.6. The summed E-state index contributed by atoms with van der Waals surface area (Å²) in [6, 6.07) is 0.270. The van der Waals surface area contributed by atoms with Crippen molar-refractivity contribution in [2.24, 2.45) is 5.73 Å². The van der Waals surface area contributed by atoms with Crippen LogP contribution in [0.1, 0.15) is 11.3 Å². The minimum Gasteiger partial charge on any atom is -0.327 e. The summed E-state index contributed by atoms with van der Waals surface area (Å²) < 4.78 is 0. The summed E-state index contributed by atoms with van der Waals surface area (Å²) in [5.41, 5.74) is 8.06. The molecule has 4 heteroatoms. The molecule has 0 aromatic carbocycles. The molecule has 1 heterocycles. The number of rotatable bonds is 0. The Labute approximate surface area is 71.5 Å². The lowest BCUT2D eigenvalue weighted by molar-refractivity contribution is 0.716. The van der Waals surface area contributed by atoms with Crippen LogP contribution >= 0.6 is 12.4 Å². The summed E-state index contributed by atoms with van der Waals surface area (Å²) in [5, 5.41) is 0. The fourth-order valence-corrected chi connectivity index (χ4v) is 1.34. The molecule has 0 spiro atoms. The van der Waals surface area contributed by atoms with Crippen LogP contribution in [0.4, 0.5) is 0 Å². The number of hydrogen-bond donors (Lipinski definition) is 1. The van der Waals surface area contributed by atoms with Gasteiger partial charge in [0.25, 0.3) is 0 Å². The van der Waals surface area contributed by atoms with Gasteiger partial charge in [0.15, 0.2) is 0 Å². The fourth-order valence-electron chi connectivity index (χ4n) is 1.34. The number of nitrogens with zero attached hydrogens (tertiary/aromatic N) is 2. The molecular formula is C7H10ClN3. The van der Waals surface area contributed by atoms with Gasteiger partial charge in [-0.2, -0.15) is 0 Å². The van der Waals surface area contributed by atoms with E-state index in [-0.39, 0.29) is 18.4 Å². The second-order valence-electron chi connectivity index (χ2n) is 2.66. The number of fused-ring (bicyclic) bond motifs is 1. The average molecular weight is 172 g/mol. The molecule has 1 aliphatic carbocycles. The van der Waals surface area contributed by atoms with Gasteiger partial charge in [0.05, 0.1) is 0 Å². The number of halogens is 1. The van der Waals surface area contributed by atoms with Crippen molar-refractivity contribution in [3.63, 3.8) is 0 Å². The van der Waals surface area contributed by atoms with Crippen molar-refractivity contribution in [3.8, 4) is 0 Å². The third-order valence-corrected chi connectivity index (χ3v) is 1.82. The number of hydrogen-bond acceptors (Lipinski definition) is 3. The summed E-state index contributed by atoms with van der Waals surface area (Å²) >= 11 is 0. The molecule has 60 valence electrons. The van der Waals surface area contributed by atoms with E-state index in [1.165, 1.54) is 5.56 Å². The van der Waals surface area contributed by atoms with Gasteiger partial charge in [-0.05, 0) is 12.0 Å². The molecule has 1 aromatic heterocycles. The Morgan fingerprint density at radius 1 is 1.45 bits per heavy atom. The highest BCUT2D eigenvalue weighted by molar-refractivity contribution is 5.85. The van der Waals surface area contributed by atoms with Gasteiger partial charge < -0.3 is 5.73 Å². The second kappa shape index (κ2) is 3.15. The highest BCUT2D eigenvalue weighted by Crippen LogP contribution is 2.16. The Balaban J connectivity index is 0.000000605. The number of aromatic nitrogens is 2. The average Bonchev–Trinajstić information content (AvgIpc) is 2.27. The molecule has 1 unspecified atom stereocenters. The van der Waals surface area contributed by atoms with E-state index in [1.54, 1.807) is 6.33 Å². The lowest BCUT2D eigenvalue weighted by Gasteiger charge is -1.93. The van der Waals surface area contributed by atoms with Gasteiger partial charge in [-0.3, -0.25) is 0 Å². The van der Waals surface area contributed by atoms with Crippen LogP contribution in [-0.2, 0) is 12.8 Å². The molecule has 3 nitrogen and oxygen atoms in total. The van der Waals surface area contributed by atoms with Crippen LogP contribution in [-0.4, -0.2) is 16.0 Å². The van der Waals surface area contributed by atoms with Crippen molar-refractivity contribution >= 4 is 12.4 Å². The zero-order valence-corrected chi connectivity index (χ0v) is 6.84. The first-order valence-electron chi connectivity index (χ1n) is 3.39. The van der Waals surface area contributed by atoms with Crippen LogP contribution < -0.4 is 5.73 Å². The Morgan fingerprint density at radius 2 is 2.27 bits per heavy atom. The van der Waals surface area contributed by atoms with Crippen molar-refractivity contribution in [1.29, 1.82) is 0 Å². The van der Waals surface area contributed by atoms with Gasteiger partial charge in [-0.15, -0.1) is 12.4 Å². The molecule has 1 aliphatic rings. The monoisotopic (exact) mass is 171 g/mol. The Kier molecular flexibility index (Phi) is 2.42. The SMILES string of the molecule is Cl.NC1Cc2cncnc2C1. The fraction of sp³-hybridized carbons (Fsp3) is 0.429. The van der Waals surface area contributed by atoms with Gasteiger partial charge >= 0.3 is 0 Å². The van der Waals surface area contributed by atoms with Gasteiger partial charge in [0.1, 0.15) is 6.33 Å². The maximum Gasteiger partial charge on any atom is 0.115 e. The van der Waals surface area contributed by atoms with E-state index in [4.69, 9.17) is 5.73 Å². The maximum absolute atomic E-state index is 5.72. The summed E-state index contributed by atoms with van der Waals surface area (Å²) in [4.78, 5) is 8.04. The van der Waals surface area contributed by atoms with Crippen molar-refractivity contribution in [1.82, 2.24) is 9.97 Å². The Bertz CT molecular complexity index is 226. The third-order valence-electron chi connectivity index (χ3n) is 1.82.